The lowest BCUT2D eigenvalue weighted by atomic mass is 10.1. The van der Waals surface area contributed by atoms with Gasteiger partial charge in [-0.05, 0) is 55.9 Å². The number of rotatable bonds is 9. The highest BCUT2D eigenvalue weighted by Crippen LogP contribution is 2.45. The highest BCUT2D eigenvalue weighted by atomic mass is 32.2. The molecule has 2 atom stereocenters. The maximum atomic E-state index is 12.5. The van der Waals surface area contributed by atoms with Crippen LogP contribution in [0.25, 0.3) is 10.9 Å². The van der Waals surface area contributed by atoms with E-state index in [1.807, 2.05) is 30.5 Å². The van der Waals surface area contributed by atoms with E-state index < -0.39 is 18.7 Å². The summed E-state index contributed by atoms with van der Waals surface area (Å²) in [6, 6.07) is 14.5. The quantitative estimate of drug-likeness (QED) is 0.461. The summed E-state index contributed by atoms with van der Waals surface area (Å²) in [5.74, 6) is 0.780. The molecule has 0 saturated carbocycles. The maximum absolute atomic E-state index is 12.5. The molecule has 7 nitrogen and oxygen atoms in total. The molecule has 1 heterocycles. The van der Waals surface area contributed by atoms with Crippen LogP contribution in [0.2, 0.25) is 0 Å². The number of fused-ring (bicyclic) bond motifs is 1. The first-order valence-electron chi connectivity index (χ1n) is 8.83. The molecule has 0 amide bonds. The Morgan fingerprint density at radius 3 is 2.71 bits per heavy atom. The van der Waals surface area contributed by atoms with Crippen molar-refractivity contribution in [3.8, 4) is 5.75 Å². The van der Waals surface area contributed by atoms with Crippen molar-refractivity contribution in [3.63, 3.8) is 0 Å². The Hall–Kier alpha value is -1.96. The average Bonchev–Trinajstić information content (AvgIpc) is 3.08. The van der Waals surface area contributed by atoms with Gasteiger partial charge >= 0.3 is 7.75 Å². The van der Waals surface area contributed by atoms with E-state index in [1.54, 1.807) is 38.4 Å². The molecule has 0 bridgehead atoms. The zero-order chi connectivity index (χ0) is 20.1. The zero-order valence-corrected chi connectivity index (χ0v) is 17.5. The van der Waals surface area contributed by atoms with Crippen LogP contribution in [0.15, 0.2) is 54.7 Å². The molecule has 0 spiro atoms. The normalized spacial score (nSPS) is 14.9. The SMILES string of the molecule is CNS(=O)Cc1ccc2[nH]cc(CCN(C)P(=O)(O)Oc3ccccc3)c2c1. The fourth-order valence-electron chi connectivity index (χ4n) is 2.84. The van der Waals surface area contributed by atoms with E-state index in [9.17, 15) is 13.7 Å². The Labute approximate surface area is 166 Å². The van der Waals surface area contributed by atoms with Gasteiger partial charge in [0.2, 0.25) is 0 Å². The fourth-order valence-corrected chi connectivity index (χ4v) is 4.36. The summed E-state index contributed by atoms with van der Waals surface area (Å²) < 4.78 is 33.6. The second kappa shape index (κ2) is 9.03. The Morgan fingerprint density at radius 2 is 2.00 bits per heavy atom. The van der Waals surface area contributed by atoms with Crippen LogP contribution in [0, 0.1) is 0 Å². The van der Waals surface area contributed by atoms with Gasteiger partial charge in [-0.3, -0.25) is 0 Å². The zero-order valence-electron chi connectivity index (χ0n) is 15.8. The summed E-state index contributed by atoms with van der Waals surface area (Å²) in [7, 11) is -1.82. The van der Waals surface area contributed by atoms with Crippen LogP contribution in [0.1, 0.15) is 11.1 Å². The monoisotopic (exact) mass is 421 g/mol. The van der Waals surface area contributed by atoms with Crippen molar-refractivity contribution < 1.29 is 18.2 Å². The summed E-state index contributed by atoms with van der Waals surface area (Å²) in [6.45, 7) is 0.347. The summed E-state index contributed by atoms with van der Waals surface area (Å²) >= 11 is 0. The van der Waals surface area contributed by atoms with Crippen molar-refractivity contribution in [1.29, 1.82) is 0 Å². The molecule has 0 aliphatic rings. The molecule has 9 heteroatoms. The Kier molecular flexibility index (Phi) is 6.69. The predicted octanol–water partition coefficient (Wildman–Crippen LogP) is 3.20. The molecule has 28 heavy (non-hydrogen) atoms. The Bertz CT molecular complexity index is 1010. The average molecular weight is 421 g/mol. The summed E-state index contributed by atoms with van der Waals surface area (Å²) in [5, 5.41) is 1.02. The van der Waals surface area contributed by atoms with Gasteiger partial charge in [-0.25, -0.2) is 18.2 Å². The highest BCUT2D eigenvalue weighted by molar-refractivity contribution is 7.82. The van der Waals surface area contributed by atoms with Crippen LogP contribution in [-0.2, 0) is 27.7 Å². The van der Waals surface area contributed by atoms with Crippen LogP contribution >= 0.6 is 7.75 Å². The molecule has 0 saturated heterocycles. The van der Waals surface area contributed by atoms with Gasteiger partial charge in [-0.2, -0.15) is 0 Å². The number of hydrogen-bond acceptors (Lipinski definition) is 3. The molecule has 3 N–H and O–H groups in total. The van der Waals surface area contributed by atoms with Crippen LogP contribution < -0.4 is 9.25 Å². The number of para-hydroxylation sites is 1. The summed E-state index contributed by atoms with van der Waals surface area (Å²) in [6.07, 6.45) is 2.47. The van der Waals surface area contributed by atoms with Crippen LogP contribution in [0.4, 0.5) is 0 Å². The van der Waals surface area contributed by atoms with E-state index in [4.69, 9.17) is 4.52 Å². The van der Waals surface area contributed by atoms with Crippen LogP contribution in [0.5, 0.6) is 5.75 Å². The maximum Gasteiger partial charge on any atom is 0.458 e. The molecule has 0 fully saturated rings. The van der Waals surface area contributed by atoms with Gasteiger partial charge in [-0.15, -0.1) is 0 Å². The first kappa shape index (κ1) is 20.8. The molecular weight excluding hydrogens is 397 g/mol. The third-order valence-electron chi connectivity index (χ3n) is 4.46. The molecule has 2 unspecified atom stereocenters. The molecule has 0 aliphatic heterocycles. The van der Waals surface area contributed by atoms with E-state index >= 15 is 0 Å². The number of nitrogens with zero attached hydrogens (tertiary/aromatic N) is 1. The second-order valence-corrected chi connectivity index (χ2v) is 9.65. The first-order valence-corrected chi connectivity index (χ1v) is 11.7. The predicted molar refractivity (Wildman–Crippen MR) is 112 cm³/mol. The van der Waals surface area contributed by atoms with Crippen molar-refractivity contribution in [2.24, 2.45) is 0 Å². The van der Waals surface area contributed by atoms with Crippen molar-refractivity contribution in [3.05, 3.63) is 65.9 Å². The van der Waals surface area contributed by atoms with E-state index in [2.05, 4.69) is 9.71 Å². The third-order valence-corrected chi connectivity index (χ3v) is 7.02. The Morgan fingerprint density at radius 1 is 1.25 bits per heavy atom. The van der Waals surface area contributed by atoms with Crippen molar-refractivity contribution in [1.82, 2.24) is 14.4 Å². The number of hydrogen-bond donors (Lipinski definition) is 3. The smallest absolute Gasteiger partial charge is 0.413 e. The largest absolute Gasteiger partial charge is 0.458 e. The fraction of sp³-hybridized carbons (Fsp3) is 0.263. The van der Waals surface area contributed by atoms with Crippen LogP contribution in [-0.4, -0.2) is 39.4 Å². The van der Waals surface area contributed by atoms with Gasteiger partial charge in [0.25, 0.3) is 0 Å². The summed E-state index contributed by atoms with van der Waals surface area (Å²) in [4.78, 5) is 13.5. The van der Waals surface area contributed by atoms with E-state index in [0.717, 1.165) is 22.0 Å². The first-order chi connectivity index (χ1) is 13.4. The third kappa shape index (κ3) is 5.10. The van der Waals surface area contributed by atoms with Gasteiger partial charge in [0.15, 0.2) is 0 Å². The van der Waals surface area contributed by atoms with Gasteiger partial charge in [0, 0.05) is 23.6 Å². The number of H-pyrrole nitrogens is 1. The topological polar surface area (TPSA) is 94.7 Å². The standard InChI is InChI=1S/C19H24N3O4PS/c1-20-28(25)14-15-8-9-19-18(12-15)16(13-21-19)10-11-22(2)27(23,24)26-17-6-4-3-5-7-17/h3-9,12-13,20-21H,10-11,14H2,1-2H3,(H,23,24). The molecule has 1 aromatic heterocycles. The minimum Gasteiger partial charge on any atom is -0.413 e. The van der Waals surface area contributed by atoms with Crippen molar-refractivity contribution in [2.45, 2.75) is 12.2 Å². The van der Waals surface area contributed by atoms with E-state index in [1.165, 1.54) is 4.67 Å². The number of likely N-dealkylation sites (N-methyl/N-ethyl adjacent to an activating group) is 1. The lowest BCUT2D eigenvalue weighted by molar-refractivity contribution is 0.300. The van der Waals surface area contributed by atoms with Gasteiger partial charge < -0.3 is 14.4 Å². The number of nitrogens with one attached hydrogen (secondary N) is 2. The summed E-state index contributed by atoms with van der Waals surface area (Å²) in [5.41, 5.74) is 2.97. The molecule has 3 aromatic rings. The van der Waals surface area contributed by atoms with E-state index in [-0.39, 0.29) is 0 Å². The van der Waals surface area contributed by atoms with Crippen LogP contribution in [0.3, 0.4) is 0 Å². The Balaban J connectivity index is 1.69. The minimum absolute atomic E-state index is 0.347. The molecule has 150 valence electrons. The van der Waals surface area contributed by atoms with Gasteiger partial charge in [0.05, 0.1) is 16.7 Å². The van der Waals surface area contributed by atoms with Gasteiger partial charge in [-0.1, -0.05) is 24.3 Å². The molecule has 0 aliphatic carbocycles. The van der Waals surface area contributed by atoms with E-state index in [0.29, 0.717) is 24.5 Å². The molecule has 2 aromatic carbocycles. The minimum atomic E-state index is -3.94. The van der Waals surface area contributed by atoms with Gasteiger partial charge in [0.1, 0.15) is 5.75 Å². The lowest BCUT2D eigenvalue weighted by Gasteiger charge is -2.22. The highest BCUT2D eigenvalue weighted by Gasteiger charge is 2.27. The van der Waals surface area contributed by atoms with Crippen molar-refractivity contribution >= 4 is 29.6 Å². The number of aromatic amines is 1. The molecular formula is C19H24N3O4PS. The number of benzene rings is 2. The molecule has 3 rings (SSSR count). The molecule has 0 radical (unpaired) electrons. The lowest BCUT2D eigenvalue weighted by Crippen LogP contribution is -2.20. The second-order valence-electron chi connectivity index (χ2n) is 6.41. The van der Waals surface area contributed by atoms with Crippen molar-refractivity contribution in [2.75, 3.05) is 20.6 Å². The number of aromatic nitrogens is 1.